The minimum Gasteiger partial charge on any atom is -0.370 e. The van der Waals surface area contributed by atoms with E-state index in [1.54, 1.807) is 0 Å². The Morgan fingerprint density at radius 1 is 0.349 bits per heavy atom. The van der Waals surface area contributed by atoms with Crippen LogP contribution in [-0.4, -0.2) is 42.9 Å². The van der Waals surface area contributed by atoms with E-state index in [9.17, 15) is 0 Å². The van der Waals surface area contributed by atoms with Gasteiger partial charge >= 0.3 is 0 Å². The molecule has 0 radical (unpaired) electrons. The Labute approximate surface area is 549 Å². The maximum atomic E-state index is 5.62. The molecule has 510 valence electrons. The van der Waals surface area contributed by atoms with Gasteiger partial charge in [-0.05, 0) is 216 Å². The minimum absolute atomic E-state index is 0.0156. The molecule has 3 nitrogen and oxygen atoms in total. The summed E-state index contributed by atoms with van der Waals surface area (Å²) in [6.07, 6.45) is 10.3. The zero-order valence-electron chi connectivity index (χ0n) is 67.9. The Morgan fingerprint density at radius 3 is 0.744 bits per heavy atom. The average molecular weight is 1220 g/mol. The molecular weight excluding hydrogens is 1060 g/mol. The fourth-order valence-corrected chi connectivity index (χ4v) is 14.2. The number of hydrogen-bond donors (Lipinski definition) is 0. The van der Waals surface area contributed by atoms with Crippen LogP contribution in [0.5, 0.6) is 0 Å². The summed E-state index contributed by atoms with van der Waals surface area (Å²) in [6.45, 7) is 106. The van der Waals surface area contributed by atoms with Gasteiger partial charge < -0.3 is 14.5 Å². The molecule has 86 heavy (non-hydrogen) atoms. The molecule has 0 spiro atoms. The summed E-state index contributed by atoms with van der Waals surface area (Å²) < 4.78 is 6.43. The first-order valence-electron chi connectivity index (χ1n) is 33.8. The number of thioether (sulfide) groups is 1. The second-order valence-electron chi connectivity index (χ2n) is 41.1. The van der Waals surface area contributed by atoms with Gasteiger partial charge in [0.1, 0.15) is 0 Å². The SMILES string of the molecule is CC(C)(C)/C=C\C(C)(C)C.CC(C)(C)C(C)(C)C(C)(C)C.CC(C)(C)C1(C(C)(C)C)CCCC1.CC(C)(C)N(c1ccccc1)C(C)(C)C.CC(C)(C)OC(C)(C)C.CC(C)(C)SC(C)(C)C.CC(C)(C)c1ccc(N(C(C)(C)C)C(C)(C)C)cc1. The maximum absolute atomic E-state index is 5.62. The normalized spacial score (nSPS) is 15.3. The van der Waals surface area contributed by atoms with Crippen molar-refractivity contribution in [1.82, 2.24) is 0 Å². The number of rotatable bonds is 2. The van der Waals surface area contributed by atoms with Crippen molar-refractivity contribution < 1.29 is 4.74 Å². The lowest BCUT2D eigenvalue weighted by molar-refractivity contribution is -0.102. The van der Waals surface area contributed by atoms with Crippen LogP contribution in [0.25, 0.3) is 0 Å². The average Bonchev–Trinajstić information content (AvgIpc) is 3.69. The van der Waals surface area contributed by atoms with Gasteiger partial charge in [0.25, 0.3) is 0 Å². The smallest absolute Gasteiger partial charge is 0.0605 e. The number of benzene rings is 2. The third-order valence-electron chi connectivity index (χ3n) is 16.1. The largest absolute Gasteiger partial charge is 0.370 e. The summed E-state index contributed by atoms with van der Waals surface area (Å²) in [5.74, 6) is 0. The molecule has 0 N–H and O–H groups in total. The van der Waals surface area contributed by atoms with Crippen molar-refractivity contribution in [1.29, 1.82) is 0 Å². The van der Waals surface area contributed by atoms with Crippen molar-refractivity contribution in [3.63, 3.8) is 0 Å². The summed E-state index contributed by atoms with van der Waals surface area (Å²) in [6, 6.07) is 19.7. The second-order valence-corrected chi connectivity index (χ2v) is 43.8. The van der Waals surface area contributed by atoms with E-state index >= 15 is 0 Å². The molecule has 0 bridgehead atoms. The van der Waals surface area contributed by atoms with Gasteiger partial charge in [-0.1, -0.05) is 256 Å². The van der Waals surface area contributed by atoms with Crippen LogP contribution in [0.3, 0.4) is 0 Å². The van der Waals surface area contributed by atoms with Crippen molar-refractivity contribution >= 4 is 23.1 Å². The highest BCUT2D eigenvalue weighted by molar-refractivity contribution is 8.01. The predicted molar refractivity (Wildman–Crippen MR) is 404 cm³/mol. The van der Waals surface area contributed by atoms with Gasteiger partial charge in [-0.2, -0.15) is 11.8 Å². The van der Waals surface area contributed by atoms with Crippen LogP contribution in [0.1, 0.15) is 357 Å². The third-order valence-corrected chi connectivity index (χ3v) is 17.3. The first-order chi connectivity index (χ1) is 36.9. The van der Waals surface area contributed by atoms with Gasteiger partial charge in [0.2, 0.25) is 0 Å². The van der Waals surface area contributed by atoms with Crippen LogP contribution >= 0.6 is 11.8 Å². The zero-order chi connectivity index (χ0) is 70.4. The van der Waals surface area contributed by atoms with Crippen LogP contribution < -0.4 is 9.80 Å². The van der Waals surface area contributed by atoms with E-state index in [4.69, 9.17) is 4.74 Å². The number of anilines is 2. The van der Waals surface area contributed by atoms with Crippen molar-refractivity contribution in [3.8, 4) is 0 Å². The molecule has 3 rings (SSSR count). The van der Waals surface area contributed by atoms with Crippen LogP contribution in [0.2, 0.25) is 0 Å². The molecule has 1 aliphatic rings. The molecule has 4 heteroatoms. The Morgan fingerprint density at radius 2 is 0.605 bits per heavy atom. The molecule has 0 atom stereocenters. The Balaban J connectivity index is -0.000000464. The van der Waals surface area contributed by atoms with Crippen molar-refractivity contribution in [2.75, 3.05) is 9.80 Å². The summed E-state index contributed by atoms with van der Waals surface area (Å²) in [5, 5.41) is 0. The third kappa shape index (κ3) is 38.7. The molecule has 1 aliphatic carbocycles. The second kappa shape index (κ2) is 32.1. The zero-order valence-corrected chi connectivity index (χ0v) is 68.7. The van der Waals surface area contributed by atoms with E-state index in [0.717, 1.165) is 0 Å². The van der Waals surface area contributed by atoms with Crippen LogP contribution in [0.15, 0.2) is 66.7 Å². The van der Waals surface area contributed by atoms with E-state index in [2.05, 4.69) is 402 Å². The number of nitrogens with zero attached hydrogens (tertiary/aromatic N) is 2. The Kier molecular flexibility index (Phi) is 33.8. The van der Waals surface area contributed by atoms with Crippen LogP contribution in [0, 0.1) is 43.3 Å². The highest BCUT2D eigenvalue weighted by Crippen LogP contribution is 2.61. The van der Waals surface area contributed by atoms with Crippen LogP contribution in [0.4, 0.5) is 11.4 Å². The van der Waals surface area contributed by atoms with Crippen molar-refractivity contribution in [2.45, 2.75) is 399 Å². The van der Waals surface area contributed by atoms with Gasteiger partial charge in [-0.15, -0.1) is 0 Å². The van der Waals surface area contributed by atoms with Crippen molar-refractivity contribution in [3.05, 3.63) is 72.3 Å². The summed E-state index contributed by atoms with van der Waals surface area (Å²) >= 11 is 2.01. The molecular formula is C82H160N2OS. The first-order valence-corrected chi connectivity index (χ1v) is 34.6. The highest BCUT2D eigenvalue weighted by Gasteiger charge is 2.51. The topological polar surface area (TPSA) is 15.7 Å². The highest BCUT2D eigenvalue weighted by atomic mass is 32.2. The van der Waals surface area contributed by atoms with Gasteiger partial charge in [0, 0.05) is 43.0 Å². The number of para-hydroxylation sites is 1. The lowest BCUT2D eigenvalue weighted by Crippen LogP contribution is -2.53. The molecule has 0 aliphatic heterocycles. The fourth-order valence-electron chi connectivity index (χ4n) is 12.3. The molecule has 2 aromatic carbocycles. The van der Waals surface area contributed by atoms with Crippen LogP contribution in [-0.2, 0) is 10.2 Å². The first kappa shape index (κ1) is 90.5. The molecule has 0 aromatic heterocycles. The molecule has 0 heterocycles. The van der Waals surface area contributed by atoms with Gasteiger partial charge in [-0.25, -0.2) is 0 Å². The quantitative estimate of drug-likeness (QED) is 0.278. The van der Waals surface area contributed by atoms with Crippen molar-refractivity contribution in [2.24, 2.45) is 43.3 Å². The summed E-state index contributed by atoms with van der Waals surface area (Å²) in [4.78, 5) is 4.95. The summed E-state index contributed by atoms with van der Waals surface area (Å²) in [5.41, 5.74) is 7.94. The number of hydrogen-bond acceptors (Lipinski definition) is 4. The van der Waals surface area contributed by atoms with Gasteiger partial charge in [0.15, 0.2) is 0 Å². The molecule has 0 amide bonds. The Bertz CT molecular complexity index is 2020. The lowest BCUT2D eigenvalue weighted by atomic mass is 9.53. The van der Waals surface area contributed by atoms with E-state index in [-0.39, 0.29) is 38.8 Å². The Hall–Kier alpha value is -1.91. The summed E-state index contributed by atoms with van der Waals surface area (Å²) in [7, 11) is 0. The standard InChI is InChI=1S/C18H31N.C14H23N.C13H26.C11H24.C10H20.C8H18O.C8H18S/c1-16(2,3)14-10-12-15(13-11-14)19(17(4,5)6)18(7,8)9;1-13(2,3)15(14(4,5)6)12-10-8-7-9-11-12;1-11(2,3)13(12(4,5)6)9-7-8-10-13;1-9(2,3)11(7,8)10(4,5)6;1-9(2,3)7-8-10(4,5)6;2*1-7(2,3)9-8(4,5)6/h10-13H,1-9H3;7-11H,1-6H3;7-10H2,1-6H3;1-8H3;7-8H,1-6H3;2*1-6H3/b;;;;8-7-;;. The number of ether oxygens (including phenoxy) is 1. The monoisotopic (exact) mass is 1220 g/mol. The number of allylic oxidation sites excluding steroid dienone is 2. The van der Waals surface area contributed by atoms with E-state index in [0.29, 0.717) is 52.8 Å². The van der Waals surface area contributed by atoms with Gasteiger partial charge in [0.05, 0.1) is 11.2 Å². The van der Waals surface area contributed by atoms with E-state index in [1.807, 2.05) is 11.8 Å². The predicted octanol–water partition coefficient (Wildman–Crippen LogP) is 27.8. The fraction of sp³-hybridized carbons (Fsp3) is 0.829. The minimum atomic E-state index is -0.0156. The molecule has 1 fully saturated rings. The molecule has 0 unspecified atom stereocenters. The maximum Gasteiger partial charge on any atom is 0.0605 e. The molecule has 2 aromatic rings. The van der Waals surface area contributed by atoms with Gasteiger partial charge in [-0.3, -0.25) is 0 Å². The lowest BCUT2D eigenvalue weighted by Gasteiger charge is -2.52. The molecule has 0 saturated heterocycles. The molecule has 1 saturated carbocycles. The van der Waals surface area contributed by atoms with E-state index < -0.39 is 0 Å². The van der Waals surface area contributed by atoms with E-state index in [1.165, 1.54) is 42.6 Å².